The van der Waals surface area contributed by atoms with E-state index in [1.807, 2.05) is 0 Å². The molecule has 0 spiro atoms. The maximum absolute atomic E-state index is 12.5. The molecule has 94 valence electrons. The van der Waals surface area contributed by atoms with Crippen LogP contribution >= 0.6 is 11.6 Å². The van der Waals surface area contributed by atoms with Crippen molar-refractivity contribution in [3.63, 3.8) is 0 Å². The lowest BCUT2D eigenvalue weighted by Crippen LogP contribution is -2.10. The summed E-state index contributed by atoms with van der Waals surface area (Å²) in [5.41, 5.74) is -2.87. The number of carbonyl (C=O) groups is 1. The highest BCUT2D eigenvalue weighted by Crippen LogP contribution is 2.39. The first-order valence-electron chi connectivity index (χ1n) is 4.34. The summed E-state index contributed by atoms with van der Waals surface area (Å²) in [6.45, 7) is 0.955. The fourth-order valence-corrected chi connectivity index (χ4v) is 1.58. The average Bonchev–Trinajstić information content (AvgIpc) is 2.15. The van der Waals surface area contributed by atoms with Crippen LogP contribution in [0.4, 0.5) is 22.0 Å². The predicted octanol–water partition coefficient (Wildman–Crippen LogP) is 4.50. The predicted molar refractivity (Wildman–Crippen MR) is 51.4 cm³/mol. The normalized spacial score (nSPS) is 12.0. The first-order chi connectivity index (χ1) is 7.64. The van der Waals surface area contributed by atoms with Gasteiger partial charge in [0.05, 0.1) is 10.6 Å². The van der Waals surface area contributed by atoms with Crippen LogP contribution in [-0.2, 0) is 6.18 Å². The maximum atomic E-state index is 12.5. The molecule has 17 heavy (non-hydrogen) atoms. The van der Waals surface area contributed by atoms with E-state index in [1.165, 1.54) is 0 Å². The molecular formula is C10H6ClF5O. The zero-order valence-electron chi connectivity index (χ0n) is 8.41. The van der Waals surface area contributed by atoms with Gasteiger partial charge in [0, 0.05) is 11.1 Å². The van der Waals surface area contributed by atoms with E-state index in [2.05, 4.69) is 0 Å². The monoisotopic (exact) mass is 272 g/mol. The van der Waals surface area contributed by atoms with Gasteiger partial charge in [0.15, 0.2) is 5.78 Å². The Morgan fingerprint density at radius 3 is 2.18 bits per heavy atom. The molecule has 1 aromatic rings. The Labute approximate surface area is 98.2 Å². The van der Waals surface area contributed by atoms with Crippen LogP contribution < -0.4 is 0 Å². The minimum atomic E-state index is -4.88. The average molecular weight is 273 g/mol. The van der Waals surface area contributed by atoms with Crippen LogP contribution in [0.15, 0.2) is 12.1 Å². The molecule has 0 saturated heterocycles. The Hall–Kier alpha value is -1.17. The third-order valence-electron chi connectivity index (χ3n) is 2.03. The highest BCUT2D eigenvalue weighted by molar-refractivity contribution is 6.34. The number of hydrogen-bond acceptors (Lipinski definition) is 1. The Morgan fingerprint density at radius 2 is 1.82 bits per heavy atom. The summed E-state index contributed by atoms with van der Waals surface area (Å²) in [7, 11) is 0. The lowest BCUT2D eigenvalue weighted by molar-refractivity contribution is -0.137. The molecule has 0 radical (unpaired) electrons. The fourth-order valence-electron chi connectivity index (χ4n) is 1.24. The molecular weight excluding hydrogens is 267 g/mol. The highest BCUT2D eigenvalue weighted by Gasteiger charge is 2.35. The molecule has 0 aliphatic carbocycles. The molecule has 0 fully saturated rings. The molecule has 0 aliphatic heterocycles. The van der Waals surface area contributed by atoms with Crippen molar-refractivity contribution in [2.75, 3.05) is 0 Å². The molecule has 0 aliphatic rings. The van der Waals surface area contributed by atoms with E-state index in [4.69, 9.17) is 11.6 Å². The number of ketones is 1. The number of halogens is 6. The number of benzene rings is 1. The molecule has 0 heterocycles. The third kappa shape index (κ3) is 2.94. The van der Waals surface area contributed by atoms with Crippen LogP contribution in [0.3, 0.4) is 0 Å². The number of Topliss-reactive ketones (excluding diaryl/α,β-unsaturated/α-hetero) is 1. The van der Waals surface area contributed by atoms with Crippen LogP contribution in [0.5, 0.6) is 0 Å². The maximum Gasteiger partial charge on any atom is 0.417 e. The van der Waals surface area contributed by atoms with Crippen LogP contribution in [0.25, 0.3) is 0 Å². The van der Waals surface area contributed by atoms with E-state index in [9.17, 15) is 26.7 Å². The number of hydrogen-bond donors (Lipinski definition) is 0. The Bertz CT molecular complexity index is 453. The smallest absolute Gasteiger partial charge is 0.294 e. The molecule has 0 atom stereocenters. The summed E-state index contributed by atoms with van der Waals surface area (Å²) in [5.74, 6) is -0.803. The van der Waals surface area contributed by atoms with Crippen molar-refractivity contribution < 1.29 is 26.7 Å². The zero-order chi connectivity index (χ0) is 13.4. The number of rotatable bonds is 2. The number of carbonyl (C=O) groups excluding carboxylic acids is 1. The second-order valence-corrected chi connectivity index (χ2v) is 3.66. The van der Waals surface area contributed by atoms with Crippen molar-refractivity contribution in [2.24, 2.45) is 0 Å². The molecule has 1 aromatic carbocycles. The summed E-state index contributed by atoms with van der Waals surface area (Å²) in [4.78, 5) is 11.0. The van der Waals surface area contributed by atoms with Gasteiger partial charge in [0.1, 0.15) is 0 Å². The van der Waals surface area contributed by atoms with Gasteiger partial charge in [-0.25, -0.2) is 8.78 Å². The van der Waals surface area contributed by atoms with E-state index in [-0.39, 0.29) is 6.07 Å². The minimum absolute atomic E-state index is 0.249. The van der Waals surface area contributed by atoms with E-state index in [0.29, 0.717) is 6.07 Å². The quantitative estimate of drug-likeness (QED) is 0.572. The molecule has 0 unspecified atom stereocenters. The van der Waals surface area contributed by atoms with E-state index < -0.39 is 40.1 Å². The fraction of sp³-hybridized carbons (Fsp3) is 0.300. The lowest BCUT2D eigenvalue weighted by atomic mass is 10.0. The van der Waals surface area contributed by atoms with Gasteiger partial charge in [-0.15, -0.1) is 0 Å². The minimum Gasteiger partial charge on any atom is -0.294 e. The van der Waals surface area contributed by atoms with Gasteiger partial charge in [-0.2, -0.15) is 13.2 Å². The lowest BCUT2D eigenvalue weighted by Gasteiger charge is -2.13. The highest BCUT2D eigenvalue weighted by atomic mass is 35.5. The molecule has 0 saturated carbocycles. The molecule has 0 amide bonds. The Kier molecular flexibility index (Phi) is 3.76. The standard InChI is InChI=1S/C10H6ClF5O/c1-4(17)6-2-5(9(12)13)3-7(8(6)11)10(14,15)16/h2-3,9H,1H3. The van der Waals surface area contributed by atoms with Gasteiger partial charge < -0.3 is 0 Å². The van der Waals surface area contributed by atoms with Crippen LogP contribution in [0.1, 0.15) is 34.8 Å². The second kappa shape index (κ2) is 4.60. The summed E-state index contributed by atoms with van der Waals surface area (Å²) < 4.78 is 62.3. The first kappa shape index (κ1) is 13.9. The number of alkyl halides is 5. The Balaban J connectivity index is 3.55. The van der Waals surface area contributed by atoms with Gasteiger partial charge in [-0.3, -0.25) is 4.79 Å². The van der Waals surface area contributed by atoms with Crippen LogP contribution in [0, 0.1) is 0 Å². The molecule has 7 heteroatoms. The molecule has 0 N–H and O–H groups in total. The Morgan fingerprint density at radius 1 is 1.29 bits per heavy atom. The van der Waals surface area contributed by atoms with Crippen LogP contribution in [-0.4, -0.2) is 5.78 Å². The summed E-state index contributed by atoms with van der Waals surface area (Å²) in [5, 5.41) is -0.852. The second-order valence-electron chi connectivity index (χ2n) is 3.28. The summed E-state index contributed by atoms with van der Waals surface area (Å²) in [6, 6.07) is 0.921. The summed E-state index contributed by atoms with van der Waals surface area (Å²) >= 11 is 5.38. The van der Waals surface area contributed by atoms with Crippen molar-refractivity contribution in [1.82, 2.24) is 0 Å². The SMILES string of the molecule is CC(=O)c1cc(C(F)F)cc(C(F)(F)F)c1Cl. The van der Waals surface area contributed by atoms with Crippen molar-refractivity contribution in [1.29, 1.82) is 0 Å². The van der Waals surface area contributed by atoms with Gasteiger partial charge in [0.25, 0.3) is 6.43 Å². The van der Waals surface area contributed by atoms with Crippen molar-refractivity contribution in [3.8, 4) is 0 Å². The molecule has 1 nitrogen and oxygen atoms in total. The van der Waals surface area contributed by atoms with Gasteiger partial charge in [-0.1, -0.05) is 11.6 Å². The van der Waals surface area contributed by atoms with Gasteiger partial charge in [-0.05, 0) is 19.1 Å². The molecule has 1 rings (SSSR count). The van der Waals surface area contributed by atoms with Gasteiger partial charge >= 0.3 is 6.18 Å². The first-order valence-corrected chi connectivity index (χ1v) is 4.72. The van der Waals surface area contributed by atoms with E-state index >= 15 is 0 Å². The van der Waals surface area contributed by atoms with Crippen molar-refractivity contribution in [3.05, 3.63) is 33.8 Å². The van der Waals surface area contributed by atoms with Gasteiger partial charge in [0.2, 0.25) is 0 Å². The van der Waals surface area contributed by atoms with E-state index in [0.717, 1.165) is 6.92 Å². The van der Waals surface area contributed by atoms with Crippen LogP contribution in [0.2, 0.25) is 5.02 Å². The molecule has 0 aromatic heterocycles. The van der Waals surface area contributed by atoms with E-state index in [1.54, 1.807) is 0 Å². The molecule has 0 bridgehead atoms. The topological polar surface area (TPSA) is 17.1 Å². The zero-order valence-corrected chi connectivity index (χ0v) is 9.16. The third-order valence-corrected chi connectivity index (χ3v) is 2.44. The summed E-state index contributed by atoms with van der Waals surface area (Å²) in [6.07, 6.45) is -7.99. The largest absolute Gasteiger partial charge is 0.417 e. The van der Waals surface area contributed by atoms with Crippen molar-refractivity contribution >= 4 is 17.4 Å². The van der Waals surface area contributed by atoms with Crippen molar-refractivity contribution in [2.45, 2.75) is 19.5 Å².